The van der Waals surface area contributed by atoms with E-state index in [2.05, 4.69) is 34.8 Å². The van der Waals surface area contributed by atoms with E-state index in [0.29, 0.717) is 0 Å². The summed E-state index contributed by atoms with van der Waals surface area (Å²) in [7, 11) is 4.03. The molecule has 0 fully saturated rings. The van der Waals surface area contributed by atoms with Crippen molar-refractivity contribution < 1.29 is 0 Å². The van der Waals surface area contributed by atoms with Crippen LogP contribution >= 0.6 is 12.4 Å². The molecule has 2 aromatic rings. The van der Waals surface area contributed by atoms with Gasteiger partial charge >= 0.3 is 0 Å². The van der Waals surface area contributed by atoms with Crippen LogP contribution in [0.25, 0.3) is 10.9 Å². The van der Waals surface area contributed by atoms with E-state index in [1.807, 2.05) is 37.2 Å². The van der Waals surface area contributed by atoms with Gasteiger partial charge in [-0.3, -0.25) is 0 Å². The molecule has 0 amide bonds. The molecule has 0 N–H and O–H groups in total. The normalized spacial score (nSPS) is 10.1. The average Bonchev–Trinajstić information content (AvgIpc) is 2.39. The second-order valence-corrected chi connectivity index (χ2v) is 4.43. The maximum absolute atomic E-state index is 4.68. The molecule has 1 heterocycles. The first-order chi connectivity index (χ1) is 8.67. The van der Waals surface area contributed by atoms with Gasteiger partial charge in [0.25, 0.3) is 0 Å². The summed E-state index contributed by atoms with van der Waals surface area (Å²) < 4.78 is 0. The maximum atomic E-state index is 4.68. The molecule has 1 aromatic carbocycles. The minimum Gasteiger partial charge on any atom is -0.362 e. The smallest absolute Gasteiger partial charge is 0.227 e. The van der Waals surface area contributed by atoms with Crippen molar-refractivity contribution in [3.63, 3.8) is 0 Å². The molecule has 0 aliphatic rings. The molecule has 104 valence electrons. The van der Waals surface area contributed by atoms with Crippen molar-refractivity contribution in [2.75, 3.05) is 37.0 Å². The van der Waals surface area contributed by atoms with Crippen molar-refractivity contribution in [3.8, 4) is 0 Å². The van der Waals surface area contributed by atoms with Crippen LogP contribution in [0.4, 0.5) is 11.8 Å². The van der Waals surface area contributed by atoms with E-state index in [9.17, 15) is 0 Å². The zero-order chi connectivity index (χ0) is 13.1. The van der Waals surface area contributed by atoms with E-state index in [1.54, 1.807) is 0 Å². The number of anilines is 2. The lowest BCUT2D eigenvalue weighted by atomic mass is 10.2. The SMILES string of the molecule is CCN(CC)c1nc(N(C)C)c2ccccc2n1.Cl. The van der Waals surface area contributed by atoms with Crippen LogP contribution in [0.3, 0.4) is 0 Å². The Morgan fingerprint density at radius 3 is 2.21 bits per heavy atom. The fourth-order valence-corrected chi connectivity index (χ4v) is 2.04. The number of nitrogens with zero attached hydrogens (tertiary/aromatic N) is 4. The van der Waals surface area contributed by atoms with Crippen LogP contribution in [-0.4, -0.2) is 37.2 Å². The Kier molecular flexibility index (Phi) is 5.36. The summed E-state index contributed by atoms with van der Waals surface area (Å²) in [6.45, 7) is 6.08. The zero-order valence-corrected chi connectivity index (χ0v) is 12.7. The molecule has 2 rings (SSSR count). The molecule has 19 heavy (non-hydrogen) atoms. The minimum atomic E-state index is 0. The number of para-hydroxylation sites is 1. The standard InChI is InChI=1S/C14H20N4.ClH/c1-5-18(6-2)14-15-12-10-8-7-9-11(12)13(16-14)17(3)4;/h7-10H,5-6H2,1-4H3;1H. The second kappa shape index (κ2) is 6.57. The largest absolute Gasteiger partial charge is 0.362 e. The highest BCUT2D eigenvalue weighted by molar-refractivity contribution is 5.90. The molecule has 5 heteroatoms. The molecule has 4 nitrogen and oxygen atoms in total. The Hall–Kier alpha value is -1.55. The fraction of sp³-hybridized carbons (Fsp3) is 0.429. The summed E-state index contributed by atoms with van der Waals surface area (Å²) in [5, 5.41) is 1.10. The van der Waals surface area contributed by atoms with Crippen molar-refractivity contribution in [1.29, 1.82) is 0 Å². The molecule has 1 aromatic heterocycles. The number of benzene rings is 1. The number of aromatic nitrogens is 2. The van der Waals surface area contributed by atoms with Gasteiger partial charge in [0, 0.05) is 32.6 Å². The van der Waals surface area contributed by atoms with Crippen LogP contribution in [0.1, 0.15) is 13.8 Å². The van der Waals surface area contributed by atoms with E-state index in [-0.39, 0.29) is 12.4 Å². The molecule has 0 saturated heterocycles. The molecule has 0 aliphatic carbocycles. The zero-order valence-electron chi connectivity index (χ0n) is 11.9. The van der Waals surface area contributed by atoms with Crippen molar-refractivity contribution in [2.24, 2.45) is 0 Å². The van der Waals surface area contributed by atoms with Crippen molar-refractivity contribution in [3.05, 3.63) is 24.3 Å². The number of halogens is 1. The molecular formula is C14H21ClN4. The van der Waals surface area contributed by atoms with Gasteiger partial charge in [0.05, 0.1) is 5.52 Å². The quantitative estimate of drug-likeness (QED) is 0.862. The predicted molar refractivity (Wildman–Crippen MR) is 84.7 cm³/mol. The molecular weight excluding hydrogens is 260 g/mol. The van der Waals surface area contributed by atoms with Crippen LogP contribution in [-0.2, 0) is 0 Å². The summed E-state index contributed by atoms with van der Waals surface area (Å²) in [5.74, 6) is 1.78. The average molecular weight is 281 g/mol. The number of fused-ring (bicyclic) bond motifs is 1. The van der Waals surface area contributed by atoms with Crippen LogP contribution in [0.2, 0.25) is 0 Å². The van der Waals surface area contributed by atoms with E-state index >= 15 is 0 Å². The minimum absolute atomic E-state index is 0. The number of hydrogen-bond acceptors (Lipinski definition) is 4. The lowest BCUT2D eigenvalue weighted by Gasteiger charge is -2.22. The van der Waals surface area contributed by atoms with E-state index in [4.69, 9.17) is 0 Å². The lowest BCUT2D eigenvalue weighted by Crippen LogP contribution is -2.25. The summed E-state index contributed by atoms with van der Waals surface area (Å²) >= 11 is 0. The second-order valence-electron chi connectivity index (χ2n) is 4.43. The van der Waals surface area contributed by atoms with Gasteiger partial charge in [-0.25, -0.2) is 4.98 Å². The molecule has 0 atom stereocenters. The lowest BCUT2D eigenvalue weighted by molar-refractivity contribution is 0.823. The van der Waals surface area contributed by atoms with Gasteiger partial charge in [-0.2, -0.15) is 4.98 Å². The first-order valence-electron chi connectivity index (χ1n) is 6.36. The Bertz CT molecular complexity index is 538. The van der Waals surface area contributed by atoms with Crippen LogP contribution in [0.15, 0.2) is 24.3 Å². The van der Waals surface area contributed by atoms with Gasteiger partial charge in [-0.15, -0.1) is 12.4 Å². The molecule has 0 radical (unpaired) electrons. The van der Waals surface area contributed by atoms with Gasteiger partial charge in [0.1, 0.15) is 5.82 Å². The van der Waals surface area contributed by atoms with Crippen molar-refractivity contribution in [2.45, 2.75) is 13.8 Å². The number of rotatable bonds is 4. The van der Waals surface area contributed by atoms with Crippen LogP contribution in [0.5, 0.6) is 0 Å². The van der Waals surface area contributed by atoms with Crippen LogP contribution in [0, 0.1) is 0 Å². The fourth-order valence-electron chi connectivity index (χ4n) is 2.04. The third-order valence-corrected chi connectivity index (χ3v) is 3.04. The first kappa shape index (κ1) is 15.5. The summed E-state index contributed by atoms with van der Waals surface area (Å²) in [6.07, 6.45) is 0. The predicted octanol–water partition coefficient (Wildman–Crippen LogP) is 2.96. The van der Waals surface area contributed by atoms with Crippen molar-refractivity contribution >= 4 is 35.1 Å². The highest BCUT2D eigenvalue weighted by Gasteiger charge is 2.12. The highest BCUT2D eigenvalue weighted by atomic mass is 35.5. The van der Waals surface area contributed by atoms with Crippen LogP contribution < -0.4 is 9.80 Å². The van der Waals surface area contributed by atoms with Gasteiger partial charge in [-0.05, 0) is 26.0 Å². The van der Waals surface area contributed by atoms with E-state index < -0.39 is 0 Å². The summed E-state index contributed by atoms with van der Waals surface area (Å²) in [6, 6.07) is 8.14. The Morgan fingerprint density at radius 1 is 1.00 bits per heavy atom. The molecule has 0 bridgehead atoms. The molecule has 0 unspecified atom stereocenters. The van der Waals surface area contributed by atoms with Gasteiger partial charge in [-0.1, -0.05) is 12.1 Å². The third-order valence-electron chi connectivity index (χ3n) is 3.04. The topological polar surface area (TPSA) is 32.3 Å². The van der Waals surface area contributed by atoms with Gasteiger partial charge < -0.3 is 9.80 Å². The molecule has 0 spiro atoms. The Morgan fingerprint density at radius 2 is 1.63 bits per heavy atom. The van der Waals surface area contributed by atoms with E-state index in [1.165, 1.54) is 0 Å². The summed E-state index contributed by atoms with van der Waals surface area (Å²) in [4.78, 5) is 13.5. The maximum Gasteiger partial charge on any atom is 0.227 e. The Balaban J connectivity index is 0.00000180. The van der Waals surface area contributed by atoms with Crippen molar-refractivity contribution in [1.82, 2.24) is 9.97 Å². The molecule has 0 aliphatic heterocycles. The number of hydrogen-bond donors (Lipinski definition) is 0. The first-order valence-corrected chi connectivity index (χ1v) is 6.36. The summed E-state index contributed by atoms with van der Waals surface area (Å²) in [5.41, 5.74) is 0.998. The Labute approximate surface area is 120 Å². The third kappa shape index (κ3) is 3.07. The highest BCUT2D eigenvalue weighted by Crippen LogP contribution is 2.24. The van der Waals surface area contributed by atoms with Gasteiger partial charge in [0.15, 0.2) is 0 Å². The monoisotopic (exact) mass is 280 g/mol. The molecule has 0 saturated carbocycles. The van der Waals surface area contributed by atoms with Gasteiger partial charge in [0.2, 0.25) is 5.95 Å². The van der Waals surface area contributed by atoms with E-state index in [0.717, 1.165) is 35.8 Å².